The number of carbonyl (C=O) groups excluding carboxylic acids is 1. The van der Waals surface area contributed by atoms with Gasteiger partial charge in [0.15, 0.2) is 0 Å². The molecule has 2 aliphatic rings. The van der Waals surface area contributed by atoms with Crippen LogP contribution < -0.4 is 5.32 Å². The van der Waals surface area contributed by atoms with Gasteiger partial charge in [0, 0.05) is 45.4 Å². The molecule has 2 fully saturated rings. The van der Waals surface area contributed by atoms with Crippen molar-refractivity contribution in [3.8, 4) is 0 Å². The molecule has 0 radical (unpaired) electrons. The van der Waals surface area contributed by atoms with Gasteiger partial charge in [-0.1, -0.05) is 6.92 Å². The van der Waals surface area contributed by atoms with Crippen LogP contribution in [-0.2, 0) is 14.3 Å². The molecule has 2 unspecified atom stereocenters. The molecule has 0 saturated carbocycles. The lowest BCUT2D eigenvalue weighted by Crippen LogP contribution is -2.52. The van der Waals surface area contributed by atoms with Crippen molar-refractivity contribution < 1.29 is 24.2 Å². The van der Waals surface area contributed by atoms with E-state index >= 15 is 0 Å². The maximum Gasteiger partial charge on any atom is 0.317 e. The number of hydrogen-bond acceptors (Lipinski definition) is 4. The molecule has 0 aromatic heterocycles. The number of nitrogens with zero attached hydrogens (tertiary/aromatic N) is 1. The molecule has 0 aromatic carbocycles. The third kappa shape index (κ3) is 4.81. The minimum Gasteiger partial charge on any atom is -0.481 e. The summed E-state index contributed by atoms with van der Waals surface area (Å²) < 4.78 is 10.7. The average Bonchev–Trinajstić information content (AvgIpc) is 2.53. The molecular formula is C16H28N2O5. The largest absolute Gasteiger partial charge is 0.481 e. The van der Waals surface area contributed by atoms with E-state index in [2.05, 4.69) is 5.32 Å². The number of nitrogens with one attached hydrogen (secondary N) is 1. The molecule has 2 N–H and O–H groups in total. The molecule has 0 spiro atoms. The SMILES string of the molecule is COCC1(CNC(=O)N2CC(C)CC(C(=O)O)C2)CCOCC1. The van der Waals surface area contributed by atoms with Crippen molar-refractivity contribution in [2.24, 2.45) is 17.3 Å². The first-order valence-electron chi connectivity index (χ1n) is 8.28. The highest BCUT2D eigenvalue weighted by Gasteiger charge is 2.35. The highest BCUT2D eigenvalue weighted by molar-refractivity contribution is 5.76. The van der Waals surface area contributed by atoms with Gasteiger partial charge in [0.25, 0.3) is 0 Å². The van der Waals surface area contributed by atoms with Gasteiger partial charge < -0.3 is 24.8 Å². The summed E-state index contributed by atoms with van der Waals surface area (Å²) in [5, 5.41) is 12.2. The second-order valence-electron chi connectivity index (χ2n) is 6.99. The molecule has 2 amide bonds. The number of carbonyl (C=O) groups is 2. The van der Waals surface area contributed by atoms with Crippen LogP contribution in [0.4, 0.5) is 4.79 Å². The first-order valence-corrected chi connectivity index (χ1v) is 8.28. The fourth-order valence-corrected chi connectivity index (χ4v) is 3.55. The molecule has 0 aliphatic carbocycles. The second-order valence-corrected chi connectivity index (χ2v) is 6.99. The number of rotatable bonds is 5. The maximum absolute atomic E-state index is 12.5. The van der Waals surface area contributed by atoms with Gasteiger partial charge in [-0.05, 0) is 25.2 Å². The molecule has 2 heterocycles. The zero-order valence-corrected chi connectivity index (χ0v) is 14.0. The average molecular weight is 328 g/mol. The fraction of sp³-hybridized carbons (Fsp3) is 0.875. The number of carboxylic acids is 1. The third-order valence-corrected chi connectivity index (χ3v) is 4.91. The first kappa shape index (κ1) is 18.0. The number of amides is 2. The summed E-state index contributed by atoms with van der Waals surface area (Å²) in [5.41, 5.74) is -0.0870. The summed E-state index contributed by atoms with van der Waals surface area (Å²) >= 11 is 0. The van der Waals surface area contributed by atoms with Crippen LogP contribution in [0.1, 0.15) is 26.2 Å². The van der Waals surface area contributed by atoms with Crippen molar-refractivity contribution in [3.05, 3.63) is 0 Å². The normalized spacial score (nSPS) is 27.5. The fourth-order valence-electron chi connectivity index (χ4n) is 3.55. The zero-order chi connectivity index (χ0) is 16.9. The van der Waals surface area contributed by atoms with E-state index in [0.717, 1.165) is 12.8 Å². The standard InChI is InChI=1S/C16H28N2O5/c1-12-7-13(14(19)20)9-18(8-12)15(21)17-10-16(11-22-2)3-5-23-6-4-16/h12-13H,3-11H2,1-2H3,(H,17,21)(H,19,20). The van der Waals surface area contributed by atoms with Crippen LogP contribution in [-0.4, -0.2) is 68.6 Å². The molecule has 23 heavy (non-hydrogen) atoms. The topological polar surface area (TPSA) is 88.1 Å². The second kappa shape index (κ2) is 7.97. The van der Waals surface area contributed by atoms with Gasteiger partial charge in [-0.2, -0.15) is 0 Å². The Hall–Kier alpha value is -1.34. The number of piperidine rings is 1. The molecular weight excluding hydrogens is 300 g/mol. The van der Waals surface area contributed by atoms with Gasteiger partial charge >= 0.3 is 12.0 Å². The first-order chi connectivity index (χ1) is 11.0. The molecule has 2 aliphatic heterocycles. The quantitative estimate of drug-likeness (QED) is 0.791. The molecule has 2 rings (SSSR count). The number of ether oxygens (including phenoxy) is 2. The van der Waals surface area contributed by atoms with Crippen LogP contribution in [0.15, 0.2) is 0 Å². The Morgan fingerprint density at radius 3 is 2.65 bits per heavy atom. The summed E-state index contributed by atoms with van der Waals surface area (Å²) in [6.07, 6.45) is 2.34. The van der Waals surface area contributed by atoms with Gasteiger partial charge in [-0.25, -0.2) is 4.79 Å². The summed E-state index contributed by atoms with van der Waals surface area (Å²) in [7, 11) is 1.67. The van der Waals surface area contributed by atoms with Crippen LogP contribution in [0.25, 0.3) is 0 Å². The van der Waals surface area contributed by atoms with E-state index in [9.17, 15) is 14.7 Å². The van der Waals surface area contributed by atoms with Gasteiger partial charge in [-0.15, -0.1) is 0 Å². The number of aliphatic carboxylic acids is 1. The van der Waals surface area contributed by atoms with Gasteiger partial charge in [0.2, 0.25) is 0 Å². The molecule has 2 saturated heterocycles. The Morgan fingerprint density at radius 1 is 1.35 bits per heavy atom. The minimum atomic E-state index is -0.824. The lowest BCUT2D eigenvalue weighted by atomic mass is 9.81. The van der Waals surface area contributed by atoms with Gasteiger partial charge in [-0.3, -0.25) is 4.79 Å². The number of carboxylic acid groups (broad SMARTS) is 1. The highest BCUT2D eigenvalue weighted by Crippen LogP contribution is 2.30. The number of urea groups is 1. The molecule has 2 atom stereocenters. The Bertz CT molecular complexity index is 417. The Morgan fingerprint density at radius 2 is 2.04 bits per heavy atom. The molecule has 7 nitrogen and oxygen atoms in total. The van der Waals surface area contributed by atoms with Crippen molar-refractivity contribution in [1.29, 1.82) is 0 Å². The lowest BCUT2D eigenvalue weighted by molar-refractivity contribution is -0.143. The summed E-state index contributed by atoms with van der Waals surface area (Å²) in [6, 6.07) is -0.176. The summed E-state index contributed by atoms with van der Waals surface area (Å²) in [6.45, 7) is 5.36. The van der Waals surface area contributed by atoms with Crippen molar-refractivity contribution in [2.45, 2.75) is 26.2 Å². The van der Waals surface area contributed by atoms with Crippen molar-refractivity contribution in [2.75, 3.05) is 46.6 Å². The van der Waals surface area contributed by atoms with E-state index in [-0.39, 0.29) is 23.9 Å². The van der Waals surface area contributed by atoms with Crippen molar-refractivity contribution in [3.63, 3.8) is 0 Å². The van der Waals surface area contributed by atoms with Crippen molar-refractivity contribution in [1.82, 2.24) is 10.2 Å². The van der Waals surface area contributed by atoms with Crippen LogP contribution >= 0.6 is 0 Å². The molecule has 0 aromatic rings. The predicted molar refractivity (Wildman–Crippen MR) is 84.2 cm³/mol. The molecule has 0 bridgehead atoms. The summed E-state index contributed by atoms with van der Waals surface area (Å²) in [4.78, 5) is 25.3. The van der Waals surface area contributed by atoms with Gasteiger partial charge in [0.1, 0.15) is 0 Å². The van der Waals surface area contributed by atoms with E-state index in [1.54, 1.807) is 12.0 Å². The molecule has 7 heteroatoms. The maximum atomic E-state index is 12.5. The van der Waals surface area contributed by atoms with Crippen LogP contribution in [0.2, 0.25) is 0 Å². The van der Waals surface area contributed by atoms with E-state index in [1.165, 1.54) is 0 Å². The van der Waals surface area contributed by atoms with E-state index in [0.29, 0.717) is 39.3 Å². The monoisotopic (exact) mass is 328 g/mol. The van der Waals surface area contributed by atoms with Crippen LogP contribution in [0.3, 0.4) is 0 Å². The number of hydrogen-bond donors (Lipinski definition) is 2. The smallest absolute Gasteiger partial charge is 0.317 e. The Labute approximate surface area is 137 Å². The highest BCUT2D eigenvalue weighted by atomic mass is 16.5. The minimum absolute atomic E-state index is 0.0870. The van der Waals surface area contributed by atoms with Crippen LogP contribution in [0.5, 0.6) is 0 Å². The van der Waals surface area contributed by atoms with Gasteiger partial charge in [0.05, 0.1) is 12.5 Å². The zero-order valence-electron chi connectivity index (χ0n) is 14.0. The number of methoxy groups -OCH3 is 1. The molecule has 132 valence electrons. The Balaban J connectivity index is 1.91. The summed E-state index contributed by atoms with van der Waals surface area (Å²) in [5.74, 6) is -1.10. The van der Waals surface area contributed by atoms with Crippen LogP contribution in [0, 0.1) is 17.3 Å². The van der Waals surface area contributed by atoms with E-state index in [1.807, 2.05) is 6.92 Å². The van der Waals surface area contributed by atoms with E-state index < -0.39 is 11.9 Å². The number of likely N-dealkylation sites (tertiary alicyclic amines) is 1. The van der Waals surface area contributed by atoms with E-state index in [4.69, 9.17) is 9.47 Å². The van der Waals surface area contributed by atoms with Crippen molar-refractivity contribution >= 4 is 12.0 Å². The Kier molecular flexibility index (Phi) is 6.24. The predicted octanol–water partition coefficient (Wildman–Crippen LogP) is 1.18. The third-order valence-electron chi connectivity index (χ3n) is 4.91. The lowest BCUT2D eigenvalue weighted by Gasteiger charge is -2.39.